The Morgan fingerprint density at radius 1 is 1.25 bits per heavy atom. The molecule has 0 aromatic heterocycles. The zero-order chi connectivity index (χ0) is 12.3. The summed E-state index contributed by atoms with van der Waals surface area (Å²) in [6, 6.07) is 5.45. The van der Waals surface area contributed by atoms with Crippen LogP contribution in [0, 0.1) is 11.2 Å². The van der Waals surface area contributed by atoms with Gasteiger partial charge in [-0.25, -0.2) is 4.39 Å². The molecule has 3 heteroatoms. The molecule has 0 amide bonds. The molecule has 0 aliphatic rings. The fraction of sp³-hybridized carbons (Fsp3) is 0.308. The first kappa shape index (κ1) is 12.4. The number of hydrogen-bond donors (Lipinski definition) is 0. The van der Waals surface area contributed by atoms with Crippen molar-refractivity contribution >= 4 is 5.78 Å². The van der Waals surface area contributed by atoms with Crippen LogP contribution in [-0.4, -0.2) is 5.78 Å². The number of hydrogen-bond acceptors (Lipinski definition) is 2. The number of halogens is 1. The first-order chi connectivity index (χ1) is 7.30. The molecule has 1 aromatic rings. The number of rotatable bonds is 3. The fourth-order valence-electron chi connectivity index (χ4n) is 1.11. The summed E-state index contributed by atoms with van der Waals surface area (Å²) >= 11 is 0. The zero-order valence-electron chi connectivity index (χ0n) is 9.71. The summed E-state index contributed by atoms with van der Waals surface area (Å²) in [5, 5.41) is 0. The van der Waals surface area contributed by atoms with Gasteiger partial charge in [-0.1, -0.05) is 27.4 Å². The number of benzene rings is 1. The van der Waals surface area contributed by atoms with Crippen LogP contribution < -0.4 is 4.74 Å². The Kier molecular flexibility index (Phi) is 3.48. The Bertz CT molecular complexity index is 399. The maximum atomic E-state index is 12.6. The van der Waals surface area contributed by atoms with Gasteiger partial charge in [-0.3, -0.25) is 4.79 Å². The second-order valence-corrected chi connectivity index (χ2v) is 4.56. The highest BCUT2D eigenvalue weighted by Crippen LogP contribution is 2.22. The zero-order valence-corrected chi connectivity index (χ0v) is 9.71. The maximum Gasteiger partial charge on any atom is 0.202 e. The largest absolute Gasteiger partial charge is 0.454 e. The minimum Gasteiger partial charge on any atom is -0.454 e. The Balaban J connectivity index is 2.72. The topological polar surface area (TPSA) is 26.3 Å². The lowest BCUT2D eigenvalue weighted by Crippen LogP contribution is -2.24. The highest BCUT2D eigenvalue weighted by molar-refractivity contribution is 5.97. The number of ketones is 1. The Hall–Kier alpha value is -1.64. The van der Waals surface area contributed by atoms with Gasteiger partial charge in [-0.15, -0.1) is 0 Å². The molecule has 1 aromatic carbocycles. The van der Waals surface area contributed by atoms with Crippen LogP contribution in [0.4, 0.5) is 4.39 Å². The highest BCUT2D eigenvalue weighted by Gasteiger charge is 2.25. The quantitative estimate of drug-likeness (QED) is 0.579. The van der Waals surface area contributed by atoms with Crippen LogP contribution in [0.2, 0.25) is 0 Å². The number of carbonyl (C=O) groups excluding carboxylic acids is 1. The van der Waals surface area contributed by atoms with Gasteiger partial charge in [-0.05, 0) is 24.3 Å². The lowest BCUT2D eigenvalue weighted by atomic mass is 9.90. The SMILES string of the molecule is C=C(Oc1ccc(F)cc1)C(=O)C(C)(C)C. The van der Waals surface area contributed by atoms with E-state index < -0.39 is 5.41 Å². The van der Waals surface area contributed by atoms with Gasteiger partial charge in [-0.2, -0.15) is 0 Å². The van der Waals surface area contributed by atoms with E-state index in [1.807, 2.05) is 0 Å². The van der Waals surface area contributed by atoms with E-state index in [2.05, 4.69) is 6.58 Å². The monoisotopic (exact) mass is 222 g/mol. The molecule has 2 nitrogen and oxygen atoms in total. The molecule has 0 radical (unpaired) electrons. The molecular formula is C13H15FO2. The maximum absolute atomic E-state index is 12.6. The summed E-state index contributed by atoms with van der Waals surface area (Å²) in [5.74, 6) is -0.0416. The third kappa shape index (κ3) is 3.19. The number of Topliss-reactive ketones (excluding diaryl/α,β-unsaturated/α-hetero) is 1. The van der Waals surface area contributed by atoms with E-state index in [0.717, 1.165) is 0 Å². The molecule has 0 bridgehead atoms. The van der Waals surface area contributed by atoms with Crippen molar-refractivity contribution in [2.24, 2.45) is 5.41 Å². The van der Waals surface area contributed by atoms with E-state index in [1.165, 1.54) is 24.3 Å². The van der Waals surface area contributed by atoms with E-state index in [1.54, 1.807) is 20.8 Å². The lowest BCUT2D eigenvalue weighted by Gasteiger charge is -2.18. The smallest absolute Gasteiger partial charge is 0.202 e. The van der Waals surface area contributed by atoms with Crippen molar-refractivity contribution in [3.63, 3.8) is 0 Å². The molecule has 1 rings (SSSR count). The van der Waals surface area contributed by atoms with E-state index >= 15 is 0 Å². The van der Waals surface area contributed by atoms with E-state index in [0.29, 0.717) is 5.75 Å². The second kappa shape index (κ2) is 4.47. The van der Waals surface area contributed by atoms with Crippen molar-refractivity contribution < 1.29 is 13.9 Å². The van der Waals surface area contributed by atoms with Gasteiger partial charge in [0.2, 0.25) is 5.78 Å². The first-order valence-corrected chi connectivity index (χ1v) is 4.98. The van der Waals surface area contributed by atoms with Gasteiger partial charge in [0.1, 0.15) is 11.6 Å². The van der Waals surface area contributed by atoms with Crippen molar-refractivity contribution in [2.75, 3.05) is 0 Å². The van der Waals surface area contributed by atoms with Crippen LogP contribution in [0.15, 0.2) is 36.6 Å². The van der Waals surface area contributed by atoms with Gasteiger partial charge in [0.05, 0.1) is 0 Å². The minimum atomic E-state index is -0.531. The summed E-state index contributed by atoms with van der Waals surface area (Å²) in [6.45, 7) is 8.93. The van der Waals surface area contributed by atoms with Crippen molar-refractivity contribution in [3.05, 3.63) is 42.4 Å². The Morgan fingerprint density at radius 3 is 2.19 bits per heavy atom. The predicted octanol–water partition coefficient (Wildman–Crippen LogP) is 3.33. The van der Waals surface area contributed by atoms with Gasteiger partial charge in [0, 0.05) is 5.41 Å². The van der Waals surface area contributed by atoms with Crippen LogP contribution in [0.5, 0.6) is 5.75 Å². The molecule has 0 saturated heterocycles. The second-order valence-electron chi connectivity index (χ2n) is 4.56. The predicted molar refractivity (Wildman–Crippen MR) is 60.6 cm³/mol. The summed E-state index contributed by atoms with van der Waals surface area (Å²) in [7, 11) is 0. The average molecular weight is 222 g/mol. The van der Waals surface area contributed by atoms with E-state index in [-0.39, 0.29) is 17.4 Å². The molecule has 0 unspecified atom stereocenters. The van der Waals surface area contributed by atoms with Crippen molar-refractivity contribution in [1.82, 2.24) is 0 Å². The van der Waals surface area contributed by atoms with E-state index in [4.69, 9.17) is 4.74 Å². The van der Waals surface area contributed by atoms with Crippen LogP contribution in [-0.2, 0) is 4.79 Å². The van der Waals surface area contributed by atoms with Gasteiger partial charge >= 0.3 is 0 Å². The third-order valence-electron chi connectivity index (χ3n) is 1.99. The van der Waals surface area contributed by atoms with Gasteiger partial charge in [0.15, 0.2) is 5.76 Å². The normalized spacial score (nSPS) is 11.0. The highest BCUT2D eigenvalue weighted by atomic mass is 19.1. The van der Waals surface area contributed by atoms with Crippen molar-refractivity contribution in [1.29, 1.82) is 0 Å². The van der Waals surface area contributed by atoms with Gasteiger partial charge in [0.25, 0.3) is 0 Å². The molecular weight excluding hydrogens is 207 g/mol. The summed E-state index contributed by atoms with van der Waals surface area (Å²) in [5.41, 5.74) is -0.531. The lowest BCUT2D eigenvalue weighted by molar-refractivity contribution is -0.124. The number of carbonyl (C=O) groups is 1. The molecule has 0 aliphatic heterocycles. The standard InChI is InChI=1S/C13H15FO2/c1-9(12(15)13(2,3)4)16-11-7-5-10(14)6-8-11/h5-8H,1H2,2-4H3. The van der Waals surface area contributed by atoms with E-state index in [9.17, 15) is 9.18 Å². The summed E-state index contributed by atoms with van der Waals surface area (Å²) in [6.07, 6.45) is 0. The first-order valence-electron chi connectivity index (χ1n) is 4.98. The fourth-order valence-corrected chi connectivity index (χ4v) is 1.11. The molecule has 0 fully saturated rings. The third-order valence-corrected chi connectivity index (χ3v) is 1.99. The Labute approximate surface area is 94.7 Å². The Morgan fingerprint density at radius 2 is 1.75 bits per heavy atom. The summed E-state index contributed by atoms with van der Waals surface area (Å²) in [4.78, 5) is 11.7. The summed E-state index contributed by atoms with van der Waals surface area (Å²) < 4.78 is 17.9. The molecule has 0 saturated carbocycles. The van der Waals surface area contributed by atoms with Crippen LogP contribution in [0.25, 0.3) is 0 Å². The minimum absolute atomic E-state index is 0.0686. The molecule has 86 valence electrons. The van der Waals surface area contributed by atoms with Crippen molar-refractivity contribution in [3.8, 4) is 5.75 Å². The molecule has 0 atom stereocenters. The molecule has 0 spiro atoms. The molecule has 16 heavy (non-hydrogen) atoms. The van der Waals surface area contributed by atoms with Crippen LogP contribution >= 0.6 is 0 Å². The van der Waals surface area contributed by atoms with Crippen molar-refractivity contribution in [2.45, 2.75) is 20.8 Å². The molecule has 0 aliphatic carbocycles. The average Bonchev–Trinajstić information content (AvgIpc) is 2.19. The van der Waals surface area contributed by atoms with Crippen LogP contribution in [0.1, 0.15) is 20.8 Å². The molecule has 0 N–H and O–H groups in total. The number of allylic oxidation sites excluding steroid dienone is 1. The van der Waals surface area contributed by atoms with Gasteiger partial charge < -0.3 is 4.74 Å². The molecule has 0 heterocycles. The number of ether oxygens (including phenoxy) is 1. The van der Waals surface area contributed by atoms with Crippen LogP contribution in [0.3, 0.4) is 0 Å².